The summed E-state index contributed by atoms with van der Waals surface area (Å²) in [5.74, 6) is -1.23. The highest BCUT2D eigenvalue weighted by atomic mass is 32.2. The lowest BCUT2D eigenvalue weighted by Gasteiger charge is -2.27. The standard InChI is InChI=1S/C13H19NO5S2/c1-9-8-20-11(13(16)17)12(9)21(18,19)14-6-4-2-3-5-10(14)7-15/h8,10,15H,2-7H2,1H3,(H,16,17). The molecule has 2 rings (SSSR count). The van der Waals surface area contributed by atoms with Gasteiger partial charge in [-0.05, 0) is 30.7 Å². The van der Waals surface area contributed by atoms with Crippen LogP contribution in [0.2, 0.25) is 0 Å². The first-order chi connectivity index (χ1) is 9.89. The molecule has 1 aliphatic rings. The summed E-state index contributed by atoms with van der Waals surface area (Å²) in [7, 11) is -3.91. The van der Waals surface area contributed by atoms with Crippen LogP contribution in [0, 0.1) is 6.92 Å². The first-order valence-electron chi connectivity index (χ1n) is 6.83. The van der Waals surface area contributed by atoms with Gasteiger partial charge in [0.25, 0.3) is 0 Å². The topological polar surface area (TPSA) is 94.9 Å². The average Bonchev–Trinajstić information content (AvgIpc) is 2.68. The van der Waals surface area contributed by atoms with Gasteiger partial charge in [-0.15, -0.1) is 11.3 Å². The Hall–Kier alpha value is -0.960. The highest BCUT2D eigenvalue weighted by Gasteiger charge is 2.36. The quantitative estimate of drug-likeness (QED) is 0.874. The molecule has 1 fully saturated rings. The van der Waals surface area contributed by atoms with E-state index in [-0.39, 0.29) is 16.4 Å². The van der Waals surface area contributed by atoms with E-state index < -0.39 is 22.0 Å². The number of aromatic carboxylic acids is 1. The number of aryl methyl sites for hydroxylation is 1. The van der Waals surface area contributed by atoms with Gasteiger partial charge in [-0.2, -0.15) is 4.31 Å². The van der Waals surface area contributed by atoms with Crippen LogP contribution in [0.15, 0.2) is 10.3 Å². The van der Waals surface area contributed by atoms with Crippen molar-refractivity contribution in [2.75, 3.05) is 13.2 Å². The Labute approximate surface area is 128 Å². The monoisotopic (exact) mass is 333 g/mol. The molecule has 0 amide bonds. The fraction of sp³-hybridized carbons (Fsp3) is 0.615. The second kappa shape index (κ2) is 6.43. The summed E-state index contributed by atoms with van der Waals surface area (Å²) >= 11 is 0.921. The van der Waals surface area contributed by atoms with E-state index in [2.05, 4.69) is 0 Å². The van der Waals surface area contributed by atoms with Gasteiger partial charge >= 0.3 is 5.97 Å². The number of hydrogen-bond donors (Lipinski definition) is 2. The van der Waals surface area contributed by atoms with Crippen molar-refractivity contribution < 1.29 is 23.4 Å². The zero-order valence-corrected chi connectivity index (χ0v) is 13.4. The van der Waals surface area contributed by atoms with Gasteiger partial charge in [0.15, 0.2) is 0 Å². The zero-order chi connectivity index (χ0) is 15.6. The number of rotatable bonds is 4. The lowest BCUT2D eigenvalue weighted by atomic mass is 10.1. The molecule has 2 N–H and O–H groups in total. The van der Waals surface area contributed by atoms with Crippen LogP contribution in [-0.2, 0) is 10.0 Å². The van der Waals surface area contributed by atoms with E-state index in [1.165, 1.54) is 4.31 Å². The van der Waals surface area contributed by atoms with Gasteiger partial charge in [-0.25, -0.2) is 13.2 Å². The van der Waals surface area contributed by atoms with Crippen LogP contribution in [0.1, 0.15) is 40.9 Å². The Morgan fingerprint density at radius 1 is 1.43 bits per heavy atom. The molecule has 2 heterocycles. The van der Waals surface area contributed by atoms with E-state index in [9.17, 15) is 23.4 Å². The van der Waals surface area contributed by atoms with E-state index in [1.807, 2.05) is 0 Å². The molecule has 6 nitrogen and oxygen atoms in total. The van der Waals surface area contributed by atoms with Crippen LogP contribution in [0.4, 0.5) is 0 Å². The number of sulfonamides is 1. The van der Waals surface area contributed by atoms with Crippen molar-refractivity contribution in [3.63, 3.8) is 0 Å². The van der Waals surface area contributed by atoms with Gasteiger partial charge in [0.2, 0.25) is 10.0 Å². The Morgan fingerprint density at radius 3 is 2.76 bits per heavy atom. The minimum absolute atomic E-state index is 0.125. The van der Waals surface area contributed by atoms with Crippen LogP contribution in [-0.4, -0.2) is 48.1 Å². The minimum Gasteiger partial charge on any atom is -0.477 e. The van der Waals surface area contributed by atoms with Crippen molar-refractivity contribution in [1.29, 1.82) is 0 Å². The maximum atomic E-state index is 12.9. The molecule has 1 aromatic rings. The smallest absolute Gasteiger partial charge is 0.347 e. The van der Waals surface area contributed by atoms with Crippen LogP contribution < -0.4 is 0 Å². The maximum Gasteiger partial charge on any atom is 0.347 e. The Bertz CT molecular complexity index is 623. The van der Waals surface area contributed by atoms with Crippen molar-refractivity contribution in [2.45, 2.75) is 43.5 Å². The fourth-order valence-corrected chi connectivity index (χ4v) is 5.94. The summed E-state index contributed by atoms with van der Waals surface area (Å²) < 4.78 is 27.0. The van der Waals surface area contributed by atoms with E-state index in [1.54, 1.807) is 12.3 Å². The summed E-state index contributed by atoms with van der Waals surface area (Å²) in [4.78, 5) is 11.0. The molecule has 1 atom stereocenters. The second-order valence-corrected chi connectivity index (χ2v) is 7.89. The lowest BCUT2D eigenvalue weighted by molar-refractivity contribution is 0.0698. The third kappa shape index (κ3) is 3.13. The van der Waals surface area contributed by atoms with Crippen LogP contribution >= 0.6 is 11.3 Å². The van der Waals surface area contributed by atoms with Gasteiger partial charge in [-0.1, -0.05) is 12.8 Å². The molecule has 0 spiro atoms. The zero-order valence-electron chi connectivity index (χ0n) is 11.8. The lowest BCUT2D eigenvalue weighted by Crippen LogP contribution is -2.42. The molecule has 8 heteroatoms. The van der Waals surface area contributed by atoms with E-state index in [0.717, 1.165) is 30.6 Å². The maximum absolute atomic E-state index is 12.9. The second-order valence-electron chi connectivity index (χ2n) is 5.18. The number of nitrogens with zero attached hydrogens (tertiary/aromatic N) is 1. The molecule has 0 aromatic carbocycles. The first kappa shape index (κ1) is 16.4. The highest BCUT2D eigenvalue weighted by molar-refractivity contribution is 7.89. The normalized spacial score (nSPS) is 21.1. The number of hydrogen-bond acceptors (Lipinski definition) is 5. The van der Waals surface area contributed by atoms with Crippen LogP contribution in [0.5, 0.6) is 0 Å². The van der Waals surface area contributed by atoms with Gasteiger partial charge in [0.05, 0.1) is 6.61 Å². The van der Waals surface area contributed by atoms with Crippen molar-refractivity contribution >= 4 is 27.3 Å². The van der Waals surface area contributed by atoms with Crippen molar-refractivity contribution in [2.24, 2.45) is 0 Å². The van der Waals surface area contributed by atoms with E-state index in [0.29, 0.717) is 18.5 Å². The Kier molecular flexibility index (Phi) is 5.03. The minimum atomic E-state index is -3.91. The molecule has 1 saturated heterocycles. The molecular formula is C13H19NO5S2. The third-order valence-electron chi connectivity index (χ3n) is 3.71. The Morgan fingerprint density at radius 2 is 2.14 bits per heavy atom. The average molecular weight is 333 g/mol. The summed E-state index contributed by atoms with van der Waals surface area (Å²) in [6.07, 6.45) is 3.10. The molecule has 1 aliphatic heterocycles. The van der Waals surface area contributed by atoms with E-state index >= 15 is 0 Å². The molecular weight excluding hydrogens is 314 g/mol. The first-order valence-corrected chi connectivity index (χ1v) is 9.15. The Balaban J connectivity index is 2.50. The van der Waals surface area contributed by atoms with Crippen molar-refractivity contribution in [3.05, 3.63) is 15.8 Å². The molecule has 21 heavy (non-hydrogen) atoms. The van der Waals surface area contributed by atoms with Gasteiger partial charge in [0, 0.05) is 12.6 Å². The van der Waals surface area contributed by atoms with E-state index in [4.69, 9.17) is 0 Å². The number of aliphatic hydroxyl groups excluding tert-OH is 1. The number of carbonyl (C=O) groups is 1. The SMILES string of the molecule is Cc1csc(C(=O)O)c1S(=O)(=O)N1CCCCCC1CO. The number of carboxylic acids is 1. The molecule has 1 unspecified atom stereocenters. The fourth-order valence-electron chi connectivity index (χ4n) is 2.67. The van der Waals surface area contributed by atoms with Crippen LogP contribution in [0.3, 0.4) is 0 Å². The number of aliphatic hydroxyl groups is 1. The predicted octanol–water partition coefficient (Wildman–Crippen LogP) is 1.68. The van der Waals surface area contributed by atoms with Crippen LogP contribution in [0.25, 0.3) is 0 Å². The molecule has 0 saturated carbocycles. The molecule has 1 aromatic heterocycles. The van der Waals surface area contributed by atoms with Gasteiger partial charge in [0.1, 0.15) is 9.77 Å². The third-order valence-corrected chi connectivity index (χ3v) is 7.07. The molecule has 118 valence electrons. The summed E-state index contributed by atoms with van der Waals surface area (Å²) in [6.45, 7) is 1.67. The summed E-state index contributed by atoms with van der Waals surface area (Å²) in [6, 6.07) is -0.474. The predicted molar refractivity (Wildman–Crippen MR) is 79.2 cm³/mol. The number of carboxylic acid groups (broad SMARTS) is 1. The van der Waals surface area contributed by atoms with Crippen molar-refractivity contribution in [1.82, 2.24) is 4.31 Å². The number of thiophene rings is 1. The summed E-state index contributed by atoms with van der Waals surface area (Å²) in [5, 5.41) is 20.2. The van der Waals surface area contributed by atoms with Crippen molar-refractivity contribution in [3.8, 4) is 0 Å². The van der Waals surface area contributed by atoms with Gasteiger partial charge in [-0.3, -0.25) is 0 Å². The van der Waals surface area contributed by atoms with Gasteiger partial charge < -0.3 is 10.2 Å². The molecule has 0 aliphatic carbocycles. The molecule has 0 bridgehead atoms. The molecule has 0 radical (unpaired) electrons. The summed E-state index contributed by atoms with van der Waals surface area (Å²) in [5.41, 5.74) is 0.443. The largest absolute Gasteiger partial charge is 0.477 e. The highest BCUT2D eigenvalue weighted by Crippen LogP contribution is 2.32.